The largest absolute Gasteiger partial charge is 0.470 e. The van der Waals surface area contributed by atoms with E-state index in [1.165, 1.54) is 12.5 Å². The second kappa shape index (κ2) is 3.18. The molecule has 0 aliphatic rings. The minimum absolute atomic E-state index is 0.109. The quantitative estimate of drug-likeness (QED) is 0.748. The maximum absolute atomic E-state index is 10.9. The van der Waals surface area contributed by atoms with Gasteiger partial charge in [-0.25, -0.2) is 0 Å². The molecule has 0 spiro atoms. The lowest BCUT2D eigenvalue weighted by Gasteiger charge is -1.95. The van der Waals surface area contributed by atoms with Crippen LogP contribution in [0, 0.1) is 0 Å². The van der Waals surface area contributed by atoms with Gasteiger partial charge in [0.25, 0.3) is 11.4 Å². The molecule has 0 saturated carbocycles. The van der Waals surface area contributed by atoms with Crippen LogP contribution in [-0.4, -0.2) is 10.3 Å². The predicted molar refractivity (Wildman–Crippen MR) is 40.2 cm³/mol. The van der Waals surface area contributed by atoms with Crippen molar-refractivity contribution in [1.82, 2.24) is 10.3 Å². The molecule has 0 saturated heterocycles. The Bertz CT molecular complexity index is 414. The molecule has 2 aromatic rings. The maximum atomic E-state index is 10.9. The molecular weight excluding hydrogens is 176 g/mol. The first-order valence-electron chi connectivity index (χ1n) is 3.54. The Labute approximate surface area is 72.1 Å². The summed E-state index contributed by atoms with van der Waals surface area (Å²) in [7, 11) is 0. The number of rotatable bonds is 3. The molecule has 6 nitrogen and oxygen atoms in total. The number of H-pyrrole nitrogens is 1. The zero-order valence-electron chi connectivity index (χ0n) is 6.52. The van der Waals surface area contributed by atoms with Crippen molar-refractivity contribution in [2.75, 3.05) is 0 Å². The Hall–Kier alpha value is -1.98. The van der Waals surface area contributed by atoms with E-state index in [4.69, 9.17) is 4.74 Å². The fourth-order valence-electron chi connectivity index (χ4n) is 0.800. The molecular formula is C7H6N2O4. The van der Waals surface area contributed by atoms with Crippen molar-refractivity contribution in [2.45, 2.75) is 6.61 Å². The van der Waals surface area contributed by atoms with Gasteiger partial charge < -0.3 is 13.8 Å². The van der Waals surface area contributed by atoms with Gasteiger partial charge >= 0.3 is 0 Å². The Morgan fingerprint density at radius 3 is 3.15 bits per heavy atom. The first-order chi connectivity index (χ1) is 6.36. The second-order valence-electron chi connectivity index (χ2n) is 2.32. The summed E-state index contributed by atoms with van der Waals surface area (Å²) in [6.07, 6.45) is 2.68. The number of nitrogens with zero attached hydrogens (tertiary/aromatic N) is 1. The zero-order chi connectivity index (χ0) is 9.10. The van der Waals surface area contributed by atoms with Gasteiger partial charge in [-0.3, -0.25) is 4.79 Å². The predicted octanol–water partition coefficient (Wildman–Crippen LogP) is 0.535. The number of aromatic amines is 1. The fraction of sp³-hybridized carbons (Fsp3) is 0.143. The zero-order valence-corrected chi connectivity index (χ0v) is 6.52. The molecule has 1 N–H and O–H groups in total. The summed E-state index contributed by atoms with van der Waals surface area (Å²) in [5, 5.41) is 5.65. The first-order valence-corrected chi connectivity index (χ1v) is 3.54. The summed E-state index contributed by atoms with van der Waals surface area (Å²) >= 11 is 0. The second-order valence-corrected chi connectivity index (χ2v) is 2.32. The van der Waals surface area contributed by atoms with Crippen LogP contribution in [0.3, 0.4) is 0 Å². The SMILES string of the molecule is O=c1[nH]occ1COc1ccon1. The highest BCUT2D eigenvalue weighted by Crippen LogP contribution is 2.06. The summed E-state index contributed by atoms with van der Waals surface area (Å²) in [6.45, 7) is 0.109. The van der Waals surface area contributed by atoms with Crippen LogP contribution in [0.1, 0.15) is 5.56 Å². The minimum atomic E-state index is -0.302. The van der Waals surface area contributed by atoms with Gasteiger partial charge in [-0.15, -0.1) is 0 Å². The highest BCUT2D eigenvalue weighted by Gasteiger charge is 2.03. The van der Waals surface area contributed by atoms with Crippen molar-refractivity contribution in [3.8, 4) is 5.88 Å². The topological polar surface area (TPSA) is 81.3 Å². The van der Waals surface area contributed by atoms with Crippen LogP contribution in [-0.2, 0) is 6.61 Å². The molecule has 68 valence electrons. The van der Waals surface area contributed by atoms with E-state index in [0.29, 0.717) is 11.4 Å². The number of hydrogen-bond donors (Lipinski definition) is 1. The highest BCUT2D eigenvalue weighted by molar-refractivity contribution is 5.05. The van der Waals surface area contributed by atoms with Crippen molar-refractivity contribution in [2.24, 2.45) is 0 Å². The summed E-state index contributed by atoms with van der Waals surface area (Å²) in [4.78, 5) is 10.9. The summed E-state index contributed by atoms with van der Waals surface area (Å²) in [6, 6.07) is 1.55. The Morgan fingerprint density at radius 1 is 1.62 bits per heavy atom. The van der Waals surface area contributed by atoms with Crippen molar-refractivity contribution < 1.29 is 13.8 Å². The normalized spacial score (nSPS) is 10.2. The van der Waals surface area contributed by atoms with Crippen LogP contribution in [0.5, 0.6) is 5.88 Å². The van der Waals surface area contributed by atoms with E-state index in [1.54, 1.807) is 6.07 Å². The standard InChI is InChI=1S/C7H6N2O4/c10-7-5(4-13-9-7)3-11-6-1-2-12-8-6/h1-2,4H,3H2,(H,9,10). The number of hydrogen-bond acceptors (Lipinski definition) is 5. The molecule has 0 aliphatic carbocycles. The molecule has 0 amide bonds. The molecule has 0 aliphatic heterocycles. The van der Waals surface area contributed by atoms with Gasteiger partial charge in [-0.2, -0.15) is 5.16 Å². The maximum Gasteiger partial charge on any atom is 0.286 e. The average Bonchev–Trinajstić information content (AvgIpc) is 2.72. The van der Waals surface area contributed by atoms with Crippen LogP contribution in [0.4, 0.5) is 0 Å². The van der Waals surface area contributed by atoms with Crippen molar-refractivity contribution in [3.05, 3.63) is 34.5 Å². The van der Waals surface area contributed by atoms with E-state index in [9.17, 15) is 4.79 Å². The summed E-state index contributed by atoms with van der Waals surface area (Å²) in [5.41, 5.74) is 0.103. The van der Waals surface area contributed by atoms with Crippen molar-refractivity contribution in [3.63, 3.8) is 0 Å². The number of aromatic nitrogens is 2. The summed E-state index contributed by atoms with van der Waals surface area (Å²) < 4.78 is 14.2. The molecule has 0 fully saturated rings. The molecule has 13 heavy (non-hydrogen) atoms. The van der Waals surface area contributed by atoms with Crippen LogP contribution < -0.4 is 10.3 Å². The molecule has 2 rings (SSSR count). The van der Waals surface area contributed by atoms with Crippen molar-refractivity contribution in [1.29, 1.82) is 0 Å². The highest BCUT2D eigenvalue weighted by atomic mass is 16.5. The van der Waals surface area contributed by atoms with E-state index < -0.39 is 0 Å². The van der Waals surface area contributed by atoms with Crippen LogP contribution in [0.15, 0.2) is 32.4 Å². The minimum Gasteiger partial charge on any atom is -0.470 e. The fourth-order valence-corrected chi connectivity index (χ4v) is 0.800. The Morgan fingerprint density at radius 2 is 2.54 bits per heavy atom. The van der Waals surface area contributed by atoms with Gasteiger partial charge in [0, 0.05) is 6.07 Å². The van der Waals surface area contributed by atoms with Gasteiger partial charge in [0.05, 0.1) is 5.56 Å². The van der Waals surface area contributed by atoms with Crippen LogP contribution >= 0.6 is 0 Å². The lowest BCUT2D eigenvalue weighted by atomic mass is 10.4. The first kappa shape index (κ1) is 7.66. The lowest BCUT2D eigenvalue weighted by Crippen LogP contribution is -2.08. The van der Waals surface area contributed by atoms with E-state index in [1.807, 2.05) is 0 Å². The van der Waals surface area contributed by atoms with Gasteiger partial charge in [-0.1, -0.05) is 0 Å². The van der Waals surface area contributed by atoms with Gasteiger partial charge in [0.15, 0.2) is 0 Å². The summed E-state index contributed by atoms with van der Waals surface area (Å²) in [5.74, 6) is 0.334. The van der Waals surface area contributed by atoms with E-state index in [2.05, 4.69) is 19.4 Å². The third kappa shape index (κ3) is 1.61. The third-order valence-electron chi connectivity index (χ3n) is 1.43. The average molecular weight is 182 g/mol. The van der Waals surface area contributed by atoms with E-state index >= 15 is 0 Å². The monoisotopic (exact) mass is 182 g/mol. The number of ether oxygens (including phenoxy) is 1. The third-order valence-corrected chi connectivity index (χ3v) is 1.43. The number of nitrogens with one attached hydrogen (secondary N) is 1. The molecule has 2 heterocycles. The van der Waals surface area contributed by atoms with Crippen molar-refractivity contribution >= 4 is 0 Å². The molecule has 0 bridgehead atoms. The van der Waals surface area contributed by atoms with Gasteiger partial charge in [0.1, 0.15) is 19.1 Å². The lowest BCUT2D eigenvalue weighted by molar-refractivity contribution is 0.268. The van der Waals surface area contributed by atoms with Gasteiger partial charge in [0.2, 0.25) is 0 Å². The Kier molecular flexibility index (Phi) is 1.87. The van der Waals surface area contributed by atoms with E-state index in [0.717, 1.165) is 0 Å². The molecule has 6 heteroatoms. The Balaban J connectivity index is 2.01. The molecule has 0 unspecified atom stereocenters. The van der Waals surface area contributed by atoms with Crippen LogP contribution in [0.2, 0.25) is 0 Å². The van der Waals surface area contributed by atoms with Crippen LogP contribution in [0.25, 0.3) is 0 Å². The van der Waals surface area contributed by atoms with E-state index in [-0.39, 0.29) is 12.2 Å². The molecule has 0 aromatic carbocycles. The van der Waals surface area contributed by atoms with Gasteiger partial charge in [-0.05, 0) is 5.16 Å². The smallest absolute Gasteiger partial charge is 0.286 e. The molecule has 0 atom stereocenters. The molecule has 0 radical (unpaired) electrons. The molecule has 2 aromatic heterocycles.